The summed E-state index contributed by atoms with van der Waals surface area (Å²) in [5.41, 5.74) is 5.71. The lowest BCUT2D eigenvalue weighted by atomic mass is 10.0. The molecule has 0 radical (unpaired) electrons. The average Bonchev–Trinajstić information content (AvgIpc) is 2.00. The fourth-order valence-corrected chi connectivity index (χ4v) is 0.773. The van der Waals surface area contributed by atoms with E-state index in [1.165, 1.54) is 0 Å². The molecule has 0 aliphatic carbocycles. The van der Waals surface area contributed by atoms with Crippen molar-refractivity contribution in [2.24, 2.45) is 11.7 Å². The van der Waals surface area contributed by atoms with Crippen LogP contribution in [0.5, 0.6) is 0 Å². The minimum Gasteiger partial charge on any atom is -0.374 e. The van der Waals surface area contributed by atoms with Gasteiger partial charge in [-0.2, -0.15) is 0 Å². The molecule has 0 aromatic rings. The van der Waals surface area contributed by atoms with Gasteiger partial charge in [0, 0.05) is 19.1 Å². The van der Waals surface area contributed by atoms with E-state index in [1.807, 2.05) is 20.8 Å². The molecule has 1 unspecified atom stereocenters. The van der Waals surface area contributed by atoms with Gasteiger partial charge in [-0.3, -0.25) is 4.79 Å². The van der Waals surface area contributed by atoms with Gasteiger partial charge in [0.25, 0.3) is 0 Å². The maximum Gasteiger partial charge on any atom is 0.160 e. The summed E-state index contributed by atoms with van der Waals surface area (Å²) in [6.45, 7) is 6.69. The molecule has 0 saturated heterocycles. The minimum absolute atomic E-state index is 0.0297. The summed E-state index contributed by atoms with van der Waals surface area (Å²) in [7, 11) is 0. The molecule has 3 heteroatoms. The Hall–Kier alpha value is -0.410. The van der Waals surface area contributed by atoms with E-state index in [4.69, 9.17) is 10.5 Å². The van der Waals surface area contributed by atoms with Gasteiger partial charge in [0.05, 0.1) is 0 Å². The topological polar surface area (TPSA) is 52.3 Å². The van der Waals surface area contributed by atoms with E-state index >= 15 is 0 Å². The number of hydrogen-bond donors (Lipinski definition) is 1. The van der Waals surface area contributed by atoms with Gasteiger partial charge >= 0.3 is 0 Å². The van der Waals surface area contributed by atoms with Gasteiger partial charge in [0.15, 0.2) is 5.78 Å². The van der Waals surface area contributed by atoms with Crippen molar-refractivity contribution in [1.29, 1.82) is 0 Å². The van der Waals surface area contributed by atoms with Gasteiger partial charge < -0.3 is 10.5 Å². The molecule has 0 aliphatic rings. The summed E-state index contributed by atoms with van der Waals surface area (Å²) in [6, 6.07) is -0.0297. The first-order chi connectivity index (χ1) is 5.57. The molecule has 0 aromatic heterocycles. The molecule has 3 nitrogen and oxygen atoms in total. The SMILES string of the molecule is CCOCC(=O)CC(N)C(C)C. The zero-order chi connectivity index (χ0) is 9.56. The summed E-state index contributed by atoms with van der Waals surface area (Å²) in [5, 5.41) is 0. The van der Waals surface area contributed by atoms with Crippen molar-refractivity contribution in [2.45, 2.75) is 33.2 Å². The Morgan fingerprint density at radius 1 is 1.50 bits per heavy atom. The number of carbonyl (C=O) groups is 1. The van der Waals surface area contributed by atoms with E-state index in [-0.39, 0.29) is 18.4 Å². The van der Waals surface area contributed by atoms with E-state index in [0.717, 1.165) is 0 Å². The predicted molar refractivity (Wildman–Crippen MR) is 48.9 cm³/mol. The van der Waals surface area contributed by atoms with E-state index in [2.05, 4.69) is 0 Å². The number of hydrogen-bond acceptors (Lipinski definition) is 3. The van der Waals surface area contributed by atoms with E-state index in [9.17, 15) is 4.79 Å². The number of nitrogens with two attached hydrogens (primary N) is 1. The molecule has 0 aromatic carbocycles. The maximum absolute atomic E-state index is 11.1. The smallest absolute Gasteiger partial charge is 0.160 e. The maximum atomic E-state index is 11.1. The van der Waals surface area contributed by atoms with Crippen LogP contribution >= 0.6 is 0 Å². The molecule has 2 N–H and O–H groups in total. The lowest BCUT2D eigenvalue weighted by Crippen LogP contribution is -2.30. The van der Waals surface area contributed by atoms with Crippen LogP contribution < -0.4 is 5.73 Å². The van der Waals surface area contributed by atoms with Crippen molar-refractivity contribution in [3.8, 4) is 0 Å². The van der Waals surface area contributed by atoms with Gasteiger partial charge in [-0.15, -0.1) is 0 Å². The molecule has 72 valence electrons. The summed E-state index contributed by atoms with van der Waals surface area (Å²) in [4.78, 5) is 11.1. The van der Waals surface area contributed by atoms with Crippen molar-refractivity contribution in [2.75, 3.05) is 13.2 Å². The lowest BCUT2D eigenvalue weighted by Gasteiger charge is -2.13. The lowest BCUT2D eigenvalue weighted by molar-refractivity contribution is -0.123. The number of ether oxygens (including phenoxy) is 1. The number of rotatable bonds is 6. The molecule has 12 heavy (non-hydrogen) atoms. The second kappa shape index (κ2) is 6.14. The number of Topliss-reactive ketones (excluding diaryl/α,β-unsaturated/α-hetero) is 1. The Kier molecular flexibility index (Phi) is 5.93. The minimum atomic E-state index is -0.0297. The van der Waals surface area contributed by atoms with Crippen LogP contribution in [0.15, 0.2) is 0 Å². The molecule has 0 fully saturated rings. The quantitative estimate of drug-likeness (QED) is 0.651. The molecular weight excluding hydrogens is 154 g/mol. The summed E-state index contributed by atoms with van der Waals surface area (Å²) in [5.74, 6) is 0.452. The summed E-state index contributed by atoms with van der Waals surface area (Å²) in [6.07, 6.45) is 0.428. The number of carbonyl (C=O) groups excluding carboxylic acids is 1. The molecule has 0 amide bonds. The summed E-state index contributed by atoms with van der Waals surface area (Å²) < 4.78 is 4.97. The zero-order valence-corrected chi connectivity index (χ0v) is 8.17. The zero-order valence-electron chi connectivity index (χ0n) is 8.17. The third-order valence-corrected chi connectivity index (χ3v) is 1.79. The van der Waals surface area contributed by atoms with Gasteiger partial charge in [-0.05, 0) is 12.8 Å². The van der Waals surface area contributed by atoms with Crippen LogP contribution in [-0.4, -0.2) is 25.0 Å². The third kappa shape index (κ3) is 5.27. The molecule has 1 atom stereocenters. The molecule has 0 bridgehead atoms. The molecule has 0 aliphatic heterocycles. The first-order valence-corrected chi connectivity index (χ1v) is 4.43. The molecule has 0 heterocycles. The van der Waals surface area contributed by atoms with Crippen LogP contribution in [0.1, 0.15) is 27.2 Å². The molecular formula is C9H19NO2. The van der Waals surface area contributed by atoms with Crippen LogP contribution in [0.2, 0.25) is 0 Å². The second-order valence-corrected chi connectivity index (χ2v) is 3.29. The van der Waals surface area contributed by atoms with Crippen molar-refractivity contribution in [3.63, 3.8) is 0 Å². The average molecular weight is 173 g/mol. The van der Waals surface area contributed by atoms with Crippen LogP contribution in [0, 0.1) is 5.92 Å². The first kappa shape index (κ1) is 11.6. The van der Waals surface area contributed by atoms with Crippen LogP contribution in [0.3, 0.4) is 0 Å². The molecule has 0 rings (SSSR count). The van der Waals surface area contributed by atoms with Gasteiger partial charge in [-0.25, -0.2) is 0 Å². The van der Waals surface area contributed by atoms with Gasteiger partial charge in [-0.1, -0.05) is 13.8 Å². The third-order valence-electron chi connectivity index (χ3n) is 1.79. The Labute approximate surface area is 74.3 Å². The highest BCUT2D eigenvalue weighted by Crippen LogP contribution is 2.03. The van der Waals surface area contributed by atoms with Gasteiger partial charge in [0.1, 0.15) is 6.61 Å². The van der Waals surface area contributed by atoms with E-state index in [0.29, 0.717) is 18.9 Å². The number of ketones is 1. The largest absolute Gasteiger partial charge is 0.374 e. The fourth-order valence-electron chi connectivity index (χ4n) is 0.773. The fraction of sp³-hybridized carbons (Fsp3) is 0.889. The van der Waals surface area contributed by atoms with Crippen molar-refractivity contribution in [3.05, 3.63) is 0 Å². The van der Waals surface area contributed by atoms with Gasteiger partial charge in [0.2, 0.25) is 0 Å². The van der Waals surface area contributed by atoms with Crippen molar-refractivity contribution in [1.82, 2.24) is 0 Å². The Morgan fingerprint density at radius 2 is 2.08 bits per heavy atom. The highest BCUT2D eigenvalue weighted by atomic mass is 16.5. The monoisotopic (exact) mass is 173 g/mol. The normalized spacial score (nSPS) is 13.4. The Bertz CT molecular complexity index is 134. The van der Waals surface area contributed by atoms with E-state index in [1.54, 1.807) is 0 Å². The summed E-state index contributed by atoms with van der Waals surface area (Å²) >= 11 is 0. The van der Waals surface area contributed by atoms with E-state index < -0.39 is 0 Å². The molecule has 0 saturated carbocycles. The van der Waals surface area contributed by atoms with Crippen molar-refractivity contribution >= 4 is 5.78 Å². The highest BCUT2D eigenvalue weighted by Gasteiger charge is 2.12. The Morgan fingerprint density at radius 3 is 2.50 bits per heavy atom. The first-order valence-electron chi connectivity index (χ1n) is 4.43. The second-order valence-electron chi connectivity index (χ2n) is 3.29. The van der Waals surface area contributed by atoms with Crippen LogP contribution in [0.25, 0.3) is 0 Å². The standard InChI is InChI=1S/C9H19NO2/c1-4-12-6-8(11)5-9(10)7(2)3/h7,9H,4-6,10H2,1-3H3. The van der Waals surface area contributed by atoms with Crippen molar-refractivity contribution < 1.29 is 9.53 Å². The molecule has 0 spiro atoms. The highest BCUT2D eigenvalue weighted by molar-refractivity contribution is 5.80. The van der Waals surface area contributed by atoms with Crippen LogP contribution in [-0.2, 0) is 9.53 Å². The predicted octanol–water partition coefficient (Wildman–Crippen LogP) is 0.965. The van der Waals surface area contributed by atoms with Crippen LogP contribution in [0.4, 0.5) is 0 Å². The Balaban J connectivity index is 3.54.